The molecule has 24 heavy (non-hydrogen) atoms. The monoisotopic (exact) mass is 341 g/mol. The fourth-order valence-electron chi connectivity index (χ4n) is 3.30. The standard InChI is InChI=1S/C19H23N3OS/c1-13-11-19(2,3)22(4)16-8-7-14(10-15(13)16)12-20-21-18(23)17-6-5-9-24-17/h5-10,12-13H,11H2,1-4H3,(H,21,23)/b20-12+/t13-/m1/s1. The smallest absolute Gasteiger partial charge is 0.281 e. The molecule has 126 valence electrons. The van der Waals surface area contributed by atoms with Crippen molar-refractivity contribution in [1.82, 2.24) is 5.43 Å². The van der Waals surface area contributed by atoms with Gasteiger partial charge in [0, 0.05) is 18.3 Å². The fraction of sp³-hybridized carbons (Fsp3) is 0.368. The third-order valence-corrected chi connectivity index (χ3v) is 5.65. The van der Waals surface area contributed by atoms with Crippen LogP contribution < -0.4 is 10.3 Å². The minimum absolute atomic E-state index is 0.163. The molecule has 2 aromatic rings. The number of benzene rings is 1. The van der Waals surface area contributed by atoms with Crippen LogP contribution in [0.3, 0.4) is 0 Å². The number of carbonyl (C=O) groups excluding carboxylic acids is 1. The summed E-state index contributed by atoms with van der Waals surface area (Å²) in [4.78, 5) is 14.9. The number of hydrogen-bond donors (Lipinski definition) is 1. The second-order valence-electron chi connectivity index (χ2n) is 6.97. The highest BCUT2D eigenvalue weighted by atomic mass is 32.1. The lowest BCUT2D eigenvalue weighted by molar-refractivity contribution is 0.0959. The van der Waals surface area contributed by atoms with Gasteiger partial charge in [-0.2, -0.15) is 5.10 Å². The Balaban J connectivity index is 1.76. The van der Waals surface area contributed by atoms with Crippen LogP contribution in [0.5, 0.6) is 0 Å². The first-order chi connectivity index (χ1) is 11.4. The van der Waals surface area contributed by atoms with Crippen molar-refractivity contribution in [3.63, 3.8) is 0 Å². The molecule has 1 aliphatic heterocycles. The van der Waals surface area contributed by atoms with Gasteiger partial charge in [-0.1, -0.05) is 19.1 Å². The zero-order chi connectivity index (χ0) is 17.3. The Morgan fingerprint density at radius 2 is 2.21 bits per heavy atom. The Morgan fingerprint density at radius 3 is 2.92 bits per heavy atom. The normalized spacial score (nSPS) is 19.3. The van der Waals surface area contributed by atoms with Gasteiger partial charge >= 0.3 is 0 Å². The van der Waals surface area contributed by atoms with Crippen LogP contribution in [0.4, 0.5) is 5.69 Å². The highest BCUT2D eigenvalue weighted by Crippen LogP contribution is 2.42. The SMILES string of the molecule is C[C@@H]1CC(C)(C)N(C)c2ccc(/C=N/NC(=O)c3cccs3)cc21. The van der Waals surface area contributed by atoms with E-state index in [4.69, 9.17) is 0 Å². The predicted molar refractivity (Wildman–Crippen MR) is 101 cm³/mol. The van der Waals surface area contributed by atoms with Crippen LogP contribution in [-0.4, -0.2) is 24.7 Å². The molecule has 2 heterocycles. The third kappa shape index (κ3) is 3.22. The van der Waals surface area contributed by atoms with E-state index in [-0.39, 0.29) is 11.4 Å². The Labute approximate surface area is 147 Å². The zero-order valence-corrected chi connectivity index (χ0v) is 15.4. The van der Waals surface area contributed by atoms with Crippen molar-refractivity contribution in [3.8, 4) is 0 Å². The number of nitrogens with one attached hydrogen (secondary N) is 1. The van der Waals surface area contributed by atoms with E-state index < -0.39 is 0 Å². The number of anilines is 1. The van der Waals surface area contributed by atoms with Crippen molar-refractivity contribution >= 4 is 29.1 Å². The molecule has 1 N–H and O–H groups in total. The van der Waals surface area contributed by atoms with E-state index in [1.165, 1.54) is 22.6 Å². The topological polar surface area (TPSA) is 44.7 Å². The Bertz CT molecular complexity index is 765. The summed E-state index contributed by atoms with van der Waals surface area (Å²) in [7, 11) is 2.15. The molecule has 3 rings (SSSR count). The molecule has 0 fully saturated rings. The van der Waals surface area contributed by atoms with Crippen molar-refractivity contribution in [2.75, 3.05) is 11.9 Å². The highest BCUT2D eigenvalue weighted by Gasteiger charge is 2.33. The van der Waals surface area contributed by atoms with E-state index in [0.29, 0.717) is 10.8 Å². The molecule has 0 saturated heterocycles. The van der Waals surface area contributed by atoms with Crippen LogP contribution in [0, 0.1) is 0 Å². The number of thiophene rings is 1. The first kappa shape index (κ1) is 16.7. The summed E-state index contributed by atoms with van der Waals surface area (Å²) >= 11 is 1.40. The quantitative estimate of drug-likeness (QED) is 0.670. The molecule has 1 atom stereocenters. The van der Waals surface area contributed by atoms with Gasteiger partial charge in [0.15, 0.2) is 0 Å². The summed E-state index contributed by atoms with van der Waals surface area (Å²) in [6.07, 6.45) is 2.82. The molecule has 0 aliphatic carbocycles. The molecule has 0 bridgehead atoms. The summed E-state index contributed by atoms with van der Waals surface area (Å²) in [5.74, 6) is 0.328. The summed E-state index contributed by atoms with van der Waals surface area (Å²) in [6, 6.07) is 10.0. The van der Waals surface area contributed by atoms with Gasteiger partial charge in [-0.15, -0.1) is 11.3 Å². The maximum atomic E-state index is 11.9. The van der Waals surface area contributed by atoms with Crippen molar-refractivity contribution < 1.29 is 4.79 Å². The van der Waals surface area contributed by atoms with Crippen LogP contribution >= 0.6 is 11.3 Å². The number of rotatable bonds is 3. The Kier molecular flexibility index (Phi) is 4.45. The second-order valence-corrected chi connectivity index (χ2v) is 7.92. The lowest BCUT2D eigenvalue weighted by Crippen LogP contribution is -2.45. The van der Waals surface area contributed by atoms with Gasteiger partial charge < -0.3 is 4.90 Å². The van der Waals surface area contributed by atoms with E-state index >= 15 is 0 Å². The molecule has 1 aliphatic rings. The van der Waals surface area contributed by atoms with Gasteiger partial charge in [-0.05, 0) is 60.9 Å². The molecule has 0 spiro atoms. The molecule has 0 saturated carbocycles. The molecular formula is C19H23N3OS. The first-order valence-electron chi connectivity index (χ1n) is 8.13. The molecule has 5 heteroatoms. The van der Waals surface area contributed by atoms with Crippen molar-refractivity contribution in [2.45, 2.75) is 38.6 Å². The summed E-state index contributed by atoms with van der Waals surface area (Å²) in [6.45, 7) is 6.83. The number of amides is 1. The lowest BCUT2D eigenvalue weighted by Gasteiger charge is -2.45. The summed E-state index contributed by atoms with van der Waals surface area (Å²) in [5, 5.41) is 5.96. The van der Waals surface area contributed by atoms with Crippen LogP contribution in [0.2, 0.25) is 0 Å². The molecular weight excluding hydrogens is 318 g/mol. The van der Waals surface area contributed by atoms with Gasteiger partial charge in [0.2, 0.25) is 0 Å². The third-order valence-electron chi connectivity index (χ3n) is 4.78. The minimum atomic E-state index is -0.172. The van der Waals surface area contributed by atoms with Gasteiger partial charge in [-0.25, -0.2) is 5.43 Å². The van der Waals surface area contributed by atoms with E-state index in [1.807, 2.05) is 17.5 Å². The molecule has 0 unspecified atom stereocenters. The summed E-state index contributed by atoms with van der Waals surface area (Å²) < 4.78 is 0. The number of fused-ring (bicyclic) bond motifs is 1. The average molecular weight is 341 g/mol. The highest BCUT2D eigenvalue weighted by molar-refractivity contribution is 7.12. The first-order valence-corrected chi connectivity index (χ1v) is 9.01. The maximum Gasteiger partial charge on any atom is 0.281 e. The van der Waals surface area contributed by atoms with Crippen LogP contribution in [-0.2, 0) is 0 Å². The number of hydrazone groups is 1. The molecule has 4 nitrogen and oxygen atoms in total. The van der Waals surface area contributed by atoms with Gasteiger partial charge in [0.1, 0.15) is 0 Å². The Morgan fingerprint density at radius 1 is 1.42 bits per heavy atom. The van der Waals surface area contributed by atoms with Crippen molar-refractivity contribution in [2.24, 2.45) is 5.10 Å². The van der Waals surface area contributed by atoms with Crippen LogP contribution in [0.15, 0.2) is 40.8 Å². The second kappa shape index (κ2) is 6.40. The minimum Gasteiger partial charge on any atom is -0.369 e. The number of hydrogen-bond acceptors (Lipinski definition) is 4. The molecule has 1 aromatic carbocycles. The van der Waals surface area contributed by atoms with Crippen LogP contribution in [0.25, 0.3) is 0 Å². The van der Waals surface area contributed by atoms with E-state index in [9.17, 15) is 4.79 Å². The van der Waals surface area contributed by atoms with Crippen molar-refractivity contribution in [1.29, 1.82) is 0 Å². The van der Waals surface area contributed by atoms with Gasteiger partial charge in [-0.3, -0.25) is 4.79 Å². The van der Waals surface area contributed by atoms with Crippen LogP contribution in [0.1, 0.15) is 53.9 Å². The fourth-order valence-corrected chi connectivity index (χ4v) is 3.92. The largest absolute Gasteiger partial charge is 0.369 e. The molecule has 1 amide bonds. The predicted octanol–water partition coefficient (Wildman–Crippen LogP) is 4.23. The number of carbonyl (C=O) groups is 1. The van der Waals surface area contributed by atoms with E-state index in [2.05, 4.69) is 55.4 Å². The maximum absolute atomic E-state index is 11.9. The van der Waals surface area contributed by atoms with E-state index in [0.717, 1.165) is 12.0 Å². The van der Waals surface area contributed by atoms with Gasteiger partial charge in [0.05, 0.1) is 11.1 Å². The number of nitrogens with zero attached hydrogens (tertiary/aromatic N) is 2. The average Bonchev–Trinajstić information content (AvgIpc) is 3.07. The molecule has 1 aromatic heterocycles. The Hall–Kier alpha value is -2.14. The van der Waals surface area contributed by atoms with E-state index in [1.54, 1.807) is 12.3 Å². The van der Waals surface area contributed by atoms with Crippen molar-refractivity contribution in [3.05, 3.63) is 51.7 Å². The summed E-state index contributed by atoms with van der Waals surface area (Å²) in [5.41, 5.74) is 6.36. The lowest BCUT2D eigenvalue weighted by atomic mass is 9.80. The van der Waals surface area contributed by atoms with Gasteiger partial charge in [0.25, 0.3) is 5.91 Å². The molecule has 0 radical (unpaired) electrons. The zero-order valence-electron chi connectivity index (χ0n) is 14.5.